The van der Waals surface area contributed by atoms with Crippen LogP contribution in [0.5, 0.6) is 0 Å². The SMILES string of the molecule is COC(CNC(=O)Nc1cc(Br)ccc1Cl)CC(=O)O. The molecule has 110 valence electrons. The Morgan fingerprint density at radius 3 is 2.80 bits per heavy atom. The zero-order valence-corrected chi connectivity index (χ0v) is 13.0. The Hall–Kier alpha value is -1.31. The molecule has 1 aromatic carbocycles. The average Bonchev–Trinajstić information content (AvgIpc) is 2.38. The van der Waals surface area contributed by atoms with Gasteiger partial charge in [0.25, 0.3) is 0 Å². The van der Waals surface area contributed by atoms with E-state index in [4.69, 9.17) is 21.4 Å². The van der Waals surface area contributed by atoms with Crippen LogP contribution < -0.4 is 10.6 Å². The number of anilines is 1. The predicted molar refractivity (Wildman–Crippen MR) is 79.2 cm³/mol. The zero-order valence-electron chi connectivity index (χ0n) is 10.7. The van der Waals surface area contributed by atoms with E-state index in [0.29, 0.717) is 10.7 Å². The molecule has 0 saturated carbocycles. The predicted octanol–water partition coefficient (Wildman–Crippen LogP) is 2.71. The fourth-order valence-corrected chi connectivity index (χ4v) is 1.93. The molecule has 0 aliphatic heterocycles. The number of carboxylic acid groups (broad SMARTS) is 1. The Labute approximate surface area is 129 Å². The molecule has 3 N–H and O–H groups in total. The van der Waals surface area contributed by atoms with Crippen LogP contribution in [0.1, 0.15) is 6.42 Å². The van der Waals surface area contributed by atoms with E-state index in [1.54, 1.807) is 18.2 Å². The highest BCUT2D eigenvalue weighted by molar-refractivity contribution is 9.10. The summed E-state index contributed by atoms with van der Waals surface area (Å²) in [5, 5.41) is 14.1. The number of halogens is 2. The van der Waals surface area contributed by atoms with Gasteiger partial charge in [-0.3, -0.25) is 4.79 Å². The maximum atomic E-state index is 11.7. The minimum Gasteiger partial charge on any atom is -0.481 e. The van der Waals surface area contributed by atoms with Crippen LogP contribution in [0.4, 0.5) is 10.5 Å². The minimum absolute atomic E-state index is 0.0836. The van der Waals surface area contributed by atoms with Crippen LogP contribution in [0.3, 0.4) is 0 Å². The number of hydrogen-bond donors (Lipinski definition) is 3. The first-order chi connectivity index (χ1) is 9.42. The van der Waals surface area contributed by atoms with Crippen molar-refractivity contribution in [3.63, 3.8) is 0 Å². The second-order valence-corrected chi connectivity index (χ2v) is 5.24. The van der Waals surface area contributed by atoms with Crippen molar-refractivity contribution in [1.29, 1.82) is 0 Å². The normalized spacial score (nSPS) is 11.8. The van der Waals surface area contributed by atoms with Crippen molar-refractivity contribution >= 4 is 45.2 Å². The molecular formula is C12H14BrClN2O4. The number of hydrogen-bond acceptors (Lipinski definition) is 3. The van der Waals surface area contributed by atoms with Crippen molar-refractivity contribution in [3.05, 3.63) is 27.7 Å². The number of aliphatic carboxylic acids is 1. The molecule has 8 heteroatoms. The molecule has 1 aromatic rings. The second-order valence-electron chi connectivity index (χ2n) is 3.91. The van der Waals surface area contributed by atoms with E-state index in [2.05, 4.69) is 26.6 Å². The lowest BCUT2D eigenvalue weighted by Gasteiger charge is -2.15. The Morgan fingerprint density at radius 1 is 1.50 bits per heavy atom. The maximum Gasteiger partial charge on any atom is 0.319 e. The standard InChI is InChI=1S/C12H14BrClN2O4/c1-20-8(5-11(17)18)6-15-12(19)16-10-4-7(13)2-3-9(10)14/h2-4,8H,5-6H2,1H3,(H,17,18)(H2,15,16,19). The Morgan fingerprint density at radius 2 is 2.20 bits per heavy atom. The number of benzene rings is 1. The van der Waals surface area contributed by atoms with Gasteiger partial charge in [-0.05, 0) is 18.2 Å². The molecule has 0 aliphatic carbocycles. The fraction of sp³-hybridized carbons (Fsp3) is 0.333. The number of ether oxygens (including phenoxy) is 1. The molecule has 2 amide bonds. The van der Waals surface area contributed by atoms with E-state index in [1.165, 1.54) is 7.11 Å². The summed E-state index contributed by atoms with van der Waals surface area (Å²) in [6, 6.07) is 4.56. The number of amides is 2. The van der Waals surface area contributed by atoms with Gasteiger partial charge in [0, 0.05) is 18.1 Å². The molecule has 0 heterocycles. The zero-order chi connectivity index (χ0) is 15.1. The molecule has 0 fully saturated rings. The van der Waals surface area contributed by atoms with Crippen molar-refractivity contribution in [3.8, 4) is 0 Å². The molecule has 1 rings (SSSR count). The highest BCUT2D eigenvalue weighted by Gasteiger charge is 2.14. The van der Waals surface area contributed by atoms with E-state index in [1.807, 2.05) is 0 Å². The third-order valence-corrected chi connectivity index (χ3v) is 3.23. The summed E-state index contributed by atoms with van der Waals surface area (Å²) in [5.41, 5.74) is 0.450. The lowest BCUT2D eigenvalue weighted by atomic mass is 10.2. The Bertz CT molecular complexity index is 498. The number of rotatable bonds is 6. The first kappa shape index (κ1) is 16.7. The van der Waals surface area contributed by atoms with E-state index in [0.717, 1.165) is 4.47 Å². The molecule has 1 atom stereocenters. The van der Waals surface area contributed by atoms with Gasteiger partial charge >= 0.3 is 12.0 Å². The highest BCUT2D eigenvalue weighted by atomic mass is 79.9. The van der Waals surface area contributed by atoms with Gasteiger partial charge in [0.1, 0.15) is 0 Å². The monoisotopic (exact) mass is 364 g/mol. The lowest BCUT2D eigenvalue weighted by molar-refractivity contribution is -0.139. The molecule has 20 heavy (non-hydrogen) atoms. The van der Waals surface area contributed by atoms with E-state index in [9.17, 15) is 9.59 Å². The van der Waals surface area contributed by atoms with Gasteiger partial charge < -0.3 is 20.5 Å². The topological polar surface area (TPSA) is 87.7 Å². The van der Waals surface area contributed by atoms with Crippen LogP contribution >= 0.6 is 27.5 Å². The average molecular weight is 366 g/mol. The van der Waals surface area contributed by atoms with Gasteiger partial charge in [-0.1, -0.05) is 27.5 Å². The first-order valence-electron chi connectivity index (χ1n) is 5.67. The van der Waals surface area contributed by atoms with E-state index < -0.39 is 18.1 Å². The van der Waals surface area contributed by atoms with Gasteiger partial charge in [-0.25, -0.2) is 4.79 Å². The highest BCUT2D eigenvalue weighted by Crippen LogP contribution is 2.25. The second kappa shape index (κ2) is 8.08. The summed E-state index contributed by atoms with van der Waals surface area (Å²) in [6.45, 7) is 0.0836. The molecule has 6 nitrogen and oxygen atoms in total. The van der Waals surface area contributed by atoms with Gasteiger partial charge in [-0.15, -0.1) is 0 Å². The first-order valence-corrected chi connectivity index (χ1v) is 6.84. The van der Waals surface area contributed by atoms with Gasteiger partial charge in [0.05, 0.1) is 23.2 Å². The number of methoxy groups -OCH3 is 1. The third-order valence-electron chi connectivity index (χ3n) is 2.40. The third kappa shape index (κ3) is 5.77. The van der Waals surface area contributed by atoms with Crippen LogP contribution in [-0.4, -0.2) is 36.9 Å². The van der Waals surface area contributed by atoms with Gasteiger partial charge in [-0.2, -0.15) is 0 Å². The van der Waals surface area contributed by atoms with Crippen LogP contribution in [0.25, 0.3) is 0 Å². The number of carboxylic acids is 1. The molecule has 0 aromatic heterocycles. The molecule has 0 spiro atoms. The summed E-state index contributed by atoms with van der Waals surface area (Å²) in [4.78, 5) is 22.2. The van der Waals surface area contributed by atoms with Crippen molar-refractivity contribution < 1.29 is 19.4 Å². The summed E-state index contributed by atoms with van der Waals surface area (Å²) in [6.07, 6.45) is -0.773. The van der Waals surface area contributed by atoms with Crippen LogP contribution in [-0.2, 0) is 9.53 Å². The molecule has 1 unspecified atom stereocenters. The number of carbonyl (C=O) groups is 2. The molecule has 0 bridgehead atoms. The van der Waals surface area contributed by atoms with Crippen LogP contribution in [0.15, 0.2) is 22.7 Å². The van der Waals surface area contributed by atoms with Gasteiger partial charge in [0.15, 0.2) is 0 Å². The number of carbonyl (C=O) groups excluding carboxylic acids is 1. The summed E-state index contributed by atoms with van der Waals surface area (Å²) in [7, 11) is 1.39. The van der Waals surface area contributed by atoms with E-state index in [-0.39, 0.29) is 13.0 Å². The van der Waals surface area contributed by atoms with Crippen molar-refractivity contribution in [2.24, 2.45) is 0 Å². The molecule has 0 radical (unpaired) electrons. The Balaban J connectivity index is 2.51. The quantitative estimate of drug-likeness (QED) is 0.723. The summed E-state index contributed by atoms with van der Waals surface area (Å²) >= 11 is 9.20. The fourth-order valence-electron chi connectivity index (χ4n) is 1.40. The molecule has 0 saturated heterocycles. The van der Waals surface area contributed by atoms with Crippen molar-refractivity contribution in [1.82, 2.24) is 5.32 Å². The maximum absolute atomic E-state index is 11.7. The summed E-state index contributed by atoms with van der Waals surface area (Å²) < 4.78 is 5.72. The van der Waals surface area contributed by atoms with Gasteiger partial charge in [0.2, 0.25) is 0 Å². The van der Waals surface area contributed by atoms with Crippen LogP contribution in [0, 0.1) is 0 Å². The number of nitrogens with one attached hydrogen (secondary N) is 2. The number of urea groups is 1. The smallest absolute Gasteiger partial charge is 0.319 e. The lowest BCUT2D eigenvalue weighted by Crippen LogP contribution is -2.37. The Kier molecular flexibility index (Phi) is 6.77. The minimum atomic E-state index is -0.992. The molecular weight excluding hydrogens is 351 g/mol. The van der Waals surface area contributed by atoms with Crippen molar-refractivity contribution in [2.45, 2.75) is 12.5 Å². The van der Waals surface area contributed by atoms with Crippen molar-refractivity contribution in [2.75, 3.05) is 19.0 Å². The molecule has 0 aliphatic rings. The summed E-state index contributed by atoms with van der Waals surface area (Å²) in [5.74, 6) is -0.992. The largest absolute Gasteiger partial charge is 0.481 e. The van der Waals surface area contributed by atoms with Crippen LogP contribution in [0.2, 0.25) is 5.02 Å². The van der Waals surface area contributed by atoms with E-state index >= 15 is 0 Å².